The fourth-order valence-electron chi connectivity index (χ4n) is 1.69. The van der Waals surface area contributed by atoms with Gasteiger partial charge < -0.3 is 14.6 Å². The van der Waals surface area contributed by atoms with Crippen LogP contribution in [0.4, 0.5) is 0 Å². The van der Waals surface area contributed by atoms with E-state index in [1.54, 1.807) is 7.11 Å². The Bertz CT molecular complexity index is 499. The molecule has 0 fully saturated rings. The lowest BCUT2D eigenvalue weighted by Gasteiger charge is -2.03. The molecule has 5 heteroatoms. The average molecular weight is 279 g/mol. The summed E-state index contributed by atoms with van der Waals surface area (Å²) in [6.45, 7) is 1.02. The normalized spacial score (nSPS) is 10.6. The van der Waals surface area contributed by atoms with Crippen LogP contribution in [0.25, 0.3) is 0 Å². The van der Waals surface area contributed by atoms with Crippen molar-refractivity contribution in [3.8, 4) is 5.75 Å². The van der Waals surface area contributed by atoms with Gasteiger partial charge >= 0.3 is 0 Å². The van der Waals surface area contributed by atoms with Crippen LogP contribution in [0.1, 0.15) is 15.6 Å². The topological polar surface area (TPSA) is 51.6 Å². The number of ether oxygens (including phenoxy) is 2. The minimum absolute atomic E-state index is 0.00982. The molecule has 2 aromatic rings. The number of para-hydroxylation sites is 1. The highest BCUT2D eigenvalue weighted by molar-refractivity contribution is 7.11. The lowest BCUT2D eigenvalue weighted by molar-refractivity contribution is 0.178. The maximum absolute atomic E-state index is 9.25. The van der Waals surface area contributed by atoms with Gasteiger partial charge in [0, 0.05) is 13.5 Å². The van der Waals surface area contributed by atoms with Crippen molar-refractivity contribution < 1.29 is 14.6 Å². The van der Waals surface area contributed by atoms with Crippen molar-refractivity contribution in [1.29, 1.82) is 0 Å². The van der Waals surface area contributed by atoms with Crippen LogP contribution in [0.15, 0.2) is 30.3 Å². The van der Waals surface area contributed by atoms with Crippen molar-refractivity contribution in [1.82, 2.24) is 4.98 Å². The molecule has 0 aliphatic heterocycles. The first-order chi connectivity index (χ1) is 9.33. The van der Waals surface area contributed by atoms with Crippen LogP contribution in [0, 0.1) is 0 Å². The lowest BCUT2D eigenvalue weighted by Crippen LogP contribution is -2.01. The van der Waals surface area contributed by atoms with Gasteiger partial charge in [-0.1, -0.05) is 18.2 Å². The summed E-state index contributed by atoms with van der Waals surface area (Å²) in [7, 11) is 1.62. The second kappa shape index (κ2) is 7.23. The Kier molecular flexibility index (Phi) is 5.32. The van der Waals surface area contributed by atoms with Gasteiger partial charge in [-0.05, 0) is 12.1 Å². The van der Waals surface area contributed by atoms with Gasteiger partial charge in [-0.3, -0.25) is 0 Å². The second-order valence-corrected chi connectivity index (χ2v) is 5.15. The number of rotatable bonds is 7. The van der Waals surface area contributed by atoms with Crippen molar-refractivity contribution in [2.75, 3.05) is 13.7 Å². The molecule has 102 valence electrons. The third-order valence-electron chi connectivity index (χ3n) is 2.58. The first kappa shape index (κ1) is 14.0. The Labute approximate surface area is 116 Å². The van der Waals surface area contributed by atoms with E-state index in [9.17, 15) is 5.11 Å². The number of benzene rings is 1. The number of aliphatic hydroxyl groups excluding tert-OH is 1. The van der Waals surface area contributed by atoms with Gasteiger partial charge in [-0.15, -0.1) is 11.3 Å². The van der Waals surface area contributed by atoms with Gasteiger partial charge in [0.05, 0.1) is 35.4 Å². The molecular weight excluding hydrogens is 262 g/mol. The average Bonchev–Trinajstić information content (AvgIpc) is 2.83. The third kappa shape index (κ3) is 4.02. The van der Waals surface area contributed by atoms with Crippen molar-refractivity contribution in [3.63, 3.8) is 0 Å². The van der Waals surface area contributed by atoms with Crippen LogP contribution in [0.3, 0.4) is 0 Å². The van der Waals surface area contributed by atoms with Crippen molar-refractivity contribution >= 4 is 11.3 Å². The highest BCUT2D eigenvalue weighted by Crippen LogP contribution is 2.20. The molecular formula is C14H17NO3S. The van der Waals surface area contributed by atoms with E-state index >= 15 is 0 Å². The Morgan fingerprint density at radius 3 is 2.74 bits per heavy atom. The van der Waals surface area contributed by atoms with E-state index in [1.165, 1.54) is 11.3 Å². The van der Waals surface area contributed by atoms with E-state index in [0.29, 0.717) is 13.2 Å². The Morgan fingerprint density at radius 1 is 1.26 bits per heavy atom. The molecule has 0 aliphatic rings. The molecule has 0 atom stereocenters. The van der Waals surface area contributed by atoms with E-state index in [2.05, 4.69) is 4.98 Å². The van der Waals surface area contributed by atoms with Gasteiger partial charge in [0.2, 0.25) is 0 Å². The predicted molar refractivity (Wildman–Crippen MR) is 74.4 cm³/mol. The van der Waals surface area contributed by atoms with Crippen LogP contribution >= 0.6 is 11.3 Å². The Morgan fingerprint density at radius 2 is 2.05 bits per heavy atom. The maximum atomic E-state index is 9.25. The third-order valence-corrected chi connectivity index (χ3v) is 3.72. The summed E-state index contributed by atoms with van der Waals surface area (Å²) in [5, 5.41) is 10.2. The molecule has 0 unspecified atom stereocenters. The summed E-state index contributed by atoms with van der Waals surface area (Å²) in [6, 6.07) is 9.70. The highest BCUT2D eigenvalue weighted by atomic mass is 32.1. The first-order valence-corrected chi connectivity index (χ1v) is 6.90. The number of thiazole rings is 1. The smallest absolute Gasteiger partial charge is 0.119 e. The van der Waals surface area contributed by atoms with Gasteiger partial charge in [-0.2, -0.15) is 0 Å². The molecule has 0 saturated carbocycles. The zero-order chi connectivity index (χ0) is 13.5. The van der Waals surface area contributed by atoms with E-state index < -0.39 is 0 Å². The zero-order valence-electron chi connectivity index (χ0n) is 10.8. The zero-order valence-corrected chi connectivity index (χ0v) is 11.7. The van der Waals surface area contributed by atoms with Gasteiger partial charge in [0.15, 0.2) is 0 Å². The molecule has 1 heterocycles. The standard InChI is InChI=1S/C14H17NO3S/c1-17-10-12-13(9-16)19-14(15-12)7-8-18-11-5-3-2-4-6-11/h2-6,16H,7-10H2,1H3. The molecule has 0 amide bonds. The van der Waals surface area contributed by atoms with E-state index in [4.69, 9.17) is 9.47 Å². The molecule has 0 saturated heterocycles. The molecule has 1 N–H and O–H groups in total. The molecule has 1 aromatic carbocycles. The molecule has 19 heavy (non-hydrogen) atoms. The number of aliphatic hydroxyl groups is 1. The monoisotopic (exact) mass is 279 g/mol. The van der Waals surface area contributed by atoms with Gasteiger partial charge in [0.1, 0.15) is 5.75 Å². The predicted octanol–water partition coefficient (Wildman–Crippen LogP) is 2.40. The van der Waals surface area contributed by atoms with Gasteiger partial charge in [-0.25, -0.2) is 4.98 Å². The van der Waals surface area contributed by atoms with E-state index in [-0.39, 0.29) is 6.61 Å². The first-order valence-electron chi connectivity index (χ1n) is 6.08. The number of methoxy groups -OCH3 is 1. The molecule has 0 spiro atoms. The quantitative estimate of drug-likeness (QED) is 0.845. The summed E-state index contributed by atoms with van der Waals surface area (Å²) in [5.74, 6) is 0.860. The van der Waals surface area contributed by atoms with Crippen LogP contribution in [0.5, 0.6) is 5.75 Å². The van der Waals surface area contributed by atoms with Crippen LogP contribution in [-0.2, 0) is 24.4 Å². The molecule has 4 nitrogen and oxygen atoms in total. The van der Waals surface area contributed by atoms with E-state index in [0.717, 1.165) is 27.7 Å². The number of aromatic nitrogens is 1. The summed E-state index contributed by atoms with van der Waals surface area (Å²) < 4.78 is 10.7. The molecule has 0 bridgehead atoms. The van der Waals surface area contributed by atoms with Crippen molar-refractivity contribution in [3.05, 3.63) is 45.9 Å². The SMILES string of the molecule is COCc1nc(CCOc2ccccc2)sc1CO. The van der Waals surface area contributed by atoms with Crippen LogP contribution < -0.4 is 4.74 Å². The fraction of sp³-hybridized carbons (Fsp3) is 0.357. The molecule has 2 rings (SSSR count). The second-order valence-electron chi connectivity index (χ2n) is 3.98. The minimum Gasteiger partial charge on any atom is -0.493 e. The van der Waals surface area contributed by atoms with Crippen LogP contribution in [0.2, 0.25) is 0 Å². The van der Waals surface area contributed by atoms with Crippen molar-refractivity contribution in [2.45, 2.75) is 19.6 Å². The minimum atomic E-state index is 0.00982. The number of hydrogen-bond donors (Lipinski definition) is 1. The summed E-state index contributed by atoms with van der Waals surface area (Å²) >= 11 is 1.51. The Balaban J connectivity index is 1.89. The summed E-state index contributed by atoms with van der Waals surface area (Å²) in [4.78, 5) is 5.33. The fourth-order valence-corrected chi connectivity index (χ4v) is 2.60. The maximum Gasteiger partial charge on any atom is 0.119 e. The molecule has 0 aliphatic carbocycles. The Hall–Kier alpha value is -1.43. The molecule has 1 aromatic heterocycles. The van der Waals surface area contributed by atoms with E-state index in [1.807, 2.05) is 30.3 Å². The van der Waals surface area contributed by atoms with Gasteiger partial charge in [0.25, 0.3) is 0 Å². The largest absolute Gasteiger partial charge is 0.493 e. The number of hydrogen-bond acceptors (Lipinski definition) is 5. The summed E-state index contributed by atoms with van der Waals surface area (Å²) in [6.07, 6.45) is 0.732. The molecule has 0 radical (unpaired) electrons. The number of nitrogens with zero attached hydrogens (tertiary/aromatic N) is 1. The van der Waals surface area contributed by atoms with Crippen LogP contribution in [-0.4, -0.2) is 23.8 Å². The lowest BCUT2D eigenvalue weighted by atomic mass is 10.3. The highest BCUT2D eigenvalue weighted by Gasteiger charge is 2.10. The van der Waals surface area contributed by atoms with Crippen molar-refractivity contribution in [2.24, 2.45) is 0 Å². The summed E-state index contributed by atoms with van der Waals surface area (Å²) in [5.41, 5.74) is 0.824.